The van der Waals surface area contributed by atoms with Gasteiger partial charge in [-0.25, -0.2) is 9.97 Å². The molecule has 0 unspecified atom stereocenters. The van der Waals surface area contributed by atoms with Crippen molar-refractivity contribution in [3.63, 3.8) is 0 Å². The second-order valence-electron chi connectivity index (χ2n) is 8.04. The fourth-order valence-electron chi connectivity index (χ4n) is 4.26. The molecule has 4 rings (SSSR count). The van der Waals surface area contributed by atoms with Gasteiger partial charge in [0.25, 0.3) is 0 Å². The van der Waals surface area contributed by atoms with E-state index >= 15 is 0 Å². The fourth-order valence-corrected chi connectivity index (χ4v) is 4.26. The van der Waals surface area contributed by atoms with Crippen molar-refractivity contribution >= 4 is 16.7 Å². The topological polar surface area (TPSA) is 59.1 Å². The molecule has 0 radical (unpaired) electrons. The quantitative estimate of drug-likeness (QED) is 0.649. The highest BCUT2D eigenvalue weighted by Crippen LogP contribution is 2.37. The summed E-state index contributed by atoms with van der Waals surface area (Å²) in [4.78, 5) is 9.44. The van der Waals surface area contributed by atoms with E-state index in [1.807, 2.05) is 6.92 Å². The fraction of sp³-hybridized carbons (Fsp3) is 0.417. The van der Waals surface area contributed by atoms with Gasteiger partial charge < -0.3 is 15.4 Å². The molecule has 0 saturated carbocycles. The van der Waals surface area contributed by atoms with Crippen molar-refractivity contribution in [1.29, 1.82) is 0 Å². The molecule has 1 fully saturated rings. The summed E-state index contributed by atoms with van der Waals surface area (Å²) in [6.45, 7) is 8.33. The van der Waals surface area contributed by atoms with Crippen molar-refractivity contribution in [3.05, 3.63) is 58.9 Å². The molecule has 1 aliphatic rings. The van der Waals surface area contributed by atoms with Gasteiger partial charge in [0.15, 0.2) is 0 Å². The third-order valence-corrected chi connectivity index (χ3v) is 5.83. The van der Waals surface area contributed by atoms with Crippen LogP contribution in [0, 0.1) is 13.8 Å². The minimum absolute atomic E-state index is 0.150. The maximum absolute atomic E-state index is 5.75. The number of ether oxygens (including phenoxy) is 1. The van der Waals surface area contributed by atoms with Crippen LogP contribution in [0.2, 0.25) is 0 Å². The van der Waals surface area contributed by atoms with Gasteiger partial charge in [0.05, 0.1) is 12.6 Å². The van der Waals surface area contributed by atoms with Crippen LogP contribution in [0.5, 0.6) is 5.75 Å². The predicted molar refractivity (Wildman–Crippen MR) is 119 cm³/mol. The number of rotatable bonds is 5. The van der Waals surface area contributed by atoms with Gasteiger partial charge in [-0.2, -0.15) is 0 Å². The summed E-state index contributed by atoms with van der Waals surface area (Å²) in [6.07, 6.45) is 2.24. The molecule has 0 amide bonds. The van der Waals surface area contributed by atoms with Crippen molar-refractivity contribution in [2.45, 2.75) is 45.6 Å². The minimum Gasteiger partial charge on any atom is -0.496 e. The number of methoxy groups -OCH3 is 1. The number of nitrogens with one attached hydrogen (secondary N) is 2. The predicted octanol–water partition coefficient (Wildman–Crippen LogP) is 4.90. The second-order valence-corrected chi connectivity index (χ2v) is 8.04. The molecule has 1 saturated heterocycles. The largest absolute Gasteiger partial charge is 0.496 e. The standard InChI is InChI=1S/C24H30N4O/c1-15-6-5-7-19(12-15)16(2)26-24-21-13-20(18-8-10-25-11-9-18)23(29-4)14-22(21)27-17(3)28-24/h5-7,12-14,16,18,25H,8-11H2,1-4H3,(H,26,27,28)/t16-/m1/s1. The maximum Gasteiger partial charge on any atom is 0.138 e. The summed E-state index contributed by atoms with van der Waals surface area (Å²) in [6, 6.07) is 13.1. The molecule has 1 aromatic heterocycles. The molecule has 5 heteroatoms. The number of nitrogens with zero attached hydrogens (tertiary/aromatic N) is 2. The number of aromatic nitrogens is 2. The van der Waals surface area contributed by atoms with Gasteiger partial charge in [-0.15, -0.1) is 0 Å². The molecule has 2 N–H and O–H groups in total. The molecule has 3 aromatic rings. The smallest absolute Gasteiger partial charge is 0.138 e. The molecule has 0 spiro atoms. The van der Waals surface area contributed by atoms with Crippen LogP contribution in [0.4, 0.5) is 5.82 Å². The number of benzene rings is 2. The van der Waals surface area contributed by atoms with Gasteiger partial charge in [-0.1, -0.05) is 29.8 Å². The van der Waals surface area contributed by atoms with Crippen molar-refractivity contribution in [2.75, 3.05) is 25.5 Å². The lowest BCUT2D eigenvalue weighted by atomic mass is 9.88. The molecule has 2 heterocycles. The number of piperidine rings is 1. The van der Waals surface area contributed by atoms with Crippen molar-refractivity contribution in [2.24, 2.45) is 0 Å². The first-order valence-electron chi connectivity index (χ1n) is 10.4. The molecule has 0 aliphatic carbocycles. The van der Waals surface area contributed by atoms with E-state index in [0.717, 1.165) is 54.2 Å². The zero-order valence-electron chi connectivity index (χ0n) is 17.7. The third-order valence-electron chi connectivity index (χ3n) is 5.83. The van der Waals surface area contributed by atoms with Crippen molar-refractivity contribution in [3.8, 4) is 5.75 Å². The van der Waals surface area contributed by atoms with E-state index in [1.165, 1.54) is 16.7 Å². The molecule has 5 nitrogen and oxygen atoms in total. The highest BCUT2D eigenvalue weighted by atomic mass is 16.5. The van der Waals surface area contributed by atoms with Crippen LogP contribution < -0.4 is 15.4 Å². The summed E-state index contributed by atoms with van der Waals surface area (Å²) >= 11 is 0. The van der Waals surface area contributed by atoms with E-state index in [1.54, 1.807) is 7.11 Å². The molecular weight excluding hydrogens is 360 g/mol. The summed E-state index contributed by atoms with van der Waals surface area (Å²) in [5.41, 5.74) is 4.70. The first kappa shape index (κ1) is 19.6. The number of anilines is 1. The Labute approximate surface area is 172 Å². The first-order valence-corrected chi connectivity index (χ1v) is 10.4. The summed E-state index contributed by atoms with van der Waals surface area (Å²) in [7, 11) is 1.75. The summed E-state index contributed by atoms with van der Waals surface area (Å²) in [5, 5.41) is 8.14. The van der Waals surface area contributed by atoms with E-state index < -0.39 is 0 Å². The van der Waals surface area contributed by atoms with Gasteiger partial charge in [0.1, 0.15) is 17.4 Å². The Morgan fingerprint density at radius 2 is 1.90 bits per heavy atom. The molecule has 1 atom stereocenters. The van der Waals surface area contributed by atoms with E-state index in [4.69, 9.17) is 9.72 Å². The van der Waals surface area contributed by atoms with Crippen LogP contribution in [0.25, 0.3) is 10.9 Å². The van der Waals surface area contributed by atoms with Gasteiger partial charge in [0, 0.05) is 17.5 Å². The Morgan fingerprint density at radius 3 is 2.62 bits per heavy atom. The first-order chi connectivity index (χ1) is 14.0. The minimum atomic E-state index is 0.150. The highest BCUT2D eigenvalue weighted by molar-refractivity contribution is 5.91. The zero-order valence-corrected chi connectivity index (χ0v) is 17.7. The molecule has 152 valence electrons. The lowest BCUT2D eigenvalue weighted by Gasteiger charge is -2.25. The maximum atomic E-state index is 5.75. The lowest BCUT2D eigenvalue weighted by Crippen LogP contribution is -2.26. The molecular formula is C24H30N4O. The normalized spacial score (nSPS) is 16.0. The van der Waals surface area contributed by atoms with Crippen LogP contribution in [-0.2, 0) is 0 Å². The van der Waals surface area contributed by atoms with Gasteiger partial charge in [-0.05, 0) is 69.8 Å². The SMILES string of the molecule is COc1cc2nc(C)nc(N[C@H](C)c3cccc(C)c3)c2cc1C1CCNCC1. The Kier molecular flexibility index (Phi) is 5.67. The summed E-state index contributed by atoms with van der Waals surface area (Å²) in [5.74, 6) is 3.08. The Bertz CT molecular complexity index is 1010. The molecule has 1 aliphatic heterocycles. The van der Waals surface area contributed by atoms with Crippen LogP contribution in [0.1, 0.15) is 54.2 Å². The Morgan fingerprint density at radius 1 is 1.10 bits per heavy atom. The van der Waals surface area contributed by atoms with Crippen molar-refractivity contribution < 1.29 is 4.74 Å². The van der Waals surface area contributed by atoms with Crippen LogP contribution >= 0.6 is 0 Å². The Balaban J connectivity index is 1.76. The van der Waals surface area contributed by atoms with E-state index in [9.17, 15) is 0 Å². The number of hydrogen-bond donors (Lipinski definition) is 2. The van der Waals surface area contributed by atoms with Crippen LogP contribution in [-0.4, -0.2) is 30.2 Å². The van der Waals surface area contributed by atoms with E-state index in [2.05, 4.69) is 65.9 Å². The van der Waals surface area contributed by atoms with E-state index in [-0.39, 0.29) is 6.04 Å². The highest BCUT2D eigenvalue weighted by Gasteiger charge is 2.21. The van der Waals surface area contributed by atoms with Gasteiger partial charge in [0.2, 0.25) is 0 Å². The zero-order chi connectivity index (χ0) is 20.4. The number of aryl methyl sites for hydroxylation is 2. The number of fused-ring (bicyclic) bond motifs is 1. The average molecular weight is 391 g/mol. The summed E-state index contributed by atoms with van der Waals surface area (Å²) < 4.78 is 5.75. The van der Waals surface area contributed by atoms with Crippen molar-refractivity contribution in [1.82, 2.24) is 15.3 Å². The molecule has 0 bridgehead atoms. The van der Waals surface area contributed by atoms with Crippen LogP contribution in [0.3, 0.4) is 0 Å². The monoisotopic (exact) mass is 390 g/mol. The van der Waals surface area contributed by atoms with E-state index in [0.29, 0.717) is 5.92 Å². The average Bonchev–Trinajstić information content (AvgIpc) is 2.73. The Hall–Kier alpha value is -2.66. The second kappa shape index (κ2) is 8.37. The molecule has 29 heavy (non-hydrogen) atoms. The lowest BCUT2D eigenvalue weighted by molar-refractivity contribution is 0.392. The third kappa shape index (κ3) is 4.20. The number of hydrogen-bond acceptors (Lipinski definition) is 5. The van der Waals surface area contributed by atoms with Gasteiger partial charge in [-0.3, -0.25) is 0 Å². The molecule has 2 aromatic carbocycles. The van der Waals surface area contributed by atoms with Gasteiger partial charge >= 0.3 is 0 Å². The van der Waals surface area contributed by atoms with Crippen LogP contribution in [0.15, 0.2) is 36.4 Å².